The molecule has 2 aromatic carbocycles. The van der Waals surface area contributed by atoms with Crippen molar-refractivity contribution in [1.29, 1.82) is 0 Å². The number of hydrogen-bond donors (Lipinski definition) is 1. The smallest absolute Gasteiger partial charge is 0.273 e. The average molecular weight is 432 g/mol. The Morgan fingerprint density at radius 1 is 1.09 bits per heavy atom. The largest absolute Gasteiger partial charge is 0.493 e. The van der Waals surface area contributed by atoms with E-state index in [1.807, 2.05) is 19.1 Å². The quantitative estimate of drug-likeness (QED) is 0.577. The molecule has 32 heavy (non-hydrogen) atoms. The molecular weight excluding hydrogens is 402 g/mol. The molecule has 1 amide bonds. The summed E-state index contributed by atoms with van der Waals surface area (Å²) < 4.78 is 11.4. The van der Waals surface area contributed by atoms with Gasteiger partial charge in [0.15, 0.2) is 11.5 Å². The second-order valence-corrected chi connectivity index (χ2v) is 8.62. The number of hydrogen-bond acceptors (Lipinski definition) is 4. The van der Waals surface area contributed by atoms with Crippen molar-refractivity contribution in [2.75, 3.05) is 13.7 Å². The van der Waals surface area contributed by atoms with Gasteiger partial charge >= 0.3 is 0 Å². The standard InChI is InChI=1S/C26H29N3O3/c1-4-32-20-14-13-18(15-21(20)31-3)25-22-23(17-11-9-16(2)10-12-17)27-28-24(22)26(30)29(25)19-7-5-6-8-19/h9-15,19,25H,4-8H2,1-3H3,(H,27,28). The first kappa shape index (κ1) is 20.6. The zero-order valence-electron chi connectivity index (χ0n) is 18.9. The molecule has 1 aromatic heterocycles. The van der Waals surface area contributed by atoms with E-state index in [-0.39, 0.29) is 18.0 Å². The molecule has 166 valence electrons. The van der Waals surface area contributed by atoms with Crippen molar-refractivity contribution in [2.45, 2.75) is 51.6 Å². The molecule has 1 aliphatic carbocycles. The zero-order valence-corrected chi connectivity index (χ0v) is 18.9. The fourth-order valence-electron chi connectivity index (χ4n) is 5.11. The molecule has 2 heterocycles. The van der Waals surface area contributed by atoms with Crippen molar-refractivity contribution in [3.8, 4) is 22.8 Å². The van der Waals surface area contributed by atoms with Crippen LogP contribution in [0.15, 0.2) is 42.5 Å². The number of nitrogens with zero attached hydrogens (tertiary/aromatic N) is 2. The number of benzene rings is 2. The van der Waals surface area contributed by atoms with Gasteiger partial charge < -0.3 is 14.4 Å². The van der Waals surface area contributed by atoms with Gasteiger partial charge in [-0.25, -0.2) is 0 Å². The molecule has 3 aromatic rings. The maximum Gasteiger partial charge on any atom is 0.273 e. The number of rotatable bonds is 6. The minimum Gasteiger partial charge on any atom is -0.493 e. The van der Waals surface area contributed by atoms with E-state index in [1.165, 1.54) is 5.56 Å². The lowest BCUT2D eigenvalue weighted by Gasteiger charge is -2.32. The van der Waals surface area contributed by atoms with Crippen LogP contribution in [-0.2, 0) is 0 Å². The van der Waals surface area contributed by atoms with E-state index >= 15 is 0 Å². The van der Waals surface area contributed by atoms with Crippen LogP contribution in [0.3, 0.4) is 0 Å². The number of nitrogens with one attached hydrogen (secondary N) is 1. The number of carbonyl (C=O) groups excluding carboxylic acids is 1. The summed E-state index contributed by atoms with van der Waals surface area (Å²) in [7, 11) is 1.65. The number of ether oxygens (including phenoxy) is 2. The highest BCUT2D eigenvalue weighted by Crippen LogP contribution is 2.47. The minimum absolute atomic E-state index is 0.0376. The Bertz CT molecular complexity index is 1130. The first-order chi connectivity index (χ1) is 15.6. The summed E-state index contributed by atoms with van der Waals surface area (Å²) in [5.74, 6) is 1.43. The Balaban J connectivity index is 1.66. The second-order valence-electron chi connectivity index (χ2n) is 8.62. The maximum atomic E-state index is 13.6. The Hall–Kier alpha value is -3.28. The van der Waals surface area contributed by atoms with Gasteiger partial charge in [0.2, 0.25) is 0 Å². The number of aromatic nitrogens is 2. The number of aryl methyl sites for hydroxylation is 1. The molecule has 0 saturated heterocycles. The van der Waals surface area contributed by atoms with Gasteiger partial charge in [-0.3, -0.25) is 9.89 Å². The normalized spacial score (nSPS) is 18.3. The van der Waals surface area contributed by atoms with Gasteiger partial charge in [-0.1, -0.05) is 48.7 Å². The molecular formula is C26H29N3O3. The molecule has 6 nitrogen and oxygen atoms in total. The van der Waals surface area contributed by atoms with Crippen molar-refractivity contribution < 1.29 is 14.3 Å². The highest BCUT2D eigenvalue weighted by atomic mass is 16.5. The Morgan fingerprint density at radius 3 is 2.53 bits per heavy atom. The lowest BCUT2D eigenvalue weighted by molar-refractivity contribution is 0.0660. The summed E-state index contributed by atoms with van der Waals surface area (Å²) in [6, 6.07) is 14.3. The summed E-state index contributed by atoms with van der Waals surface area (Å²) in [5, 5.41) is 7.65. The molecule has 1 atom stereocenters. The summed E-state index contributed by atoms with van der Waals surface area (Å²) in [6.07, 6.45) is 4.39. The van der Waals surface area contributed by atoms with Crippen LogP contribution in [0.4, 0.5) is 0 Å². The van der Waals surface area contributed by atoms with E-state index in [0.29, 0.717) is 23.8 Å². The van der Waals surface area contributed by atoms with Crippen LogP contribution in [0.25, 0.3) is 11.3 Å². The highest BCUT2D eigenvalue weighted by molar-refractivity contribution is 6.00. The molecule has 0 radical (unpaired) electrons. The van der Waals surface area contributed by atoms with Crippen molar-refractivity contribution in [3.63, 3.8) is 0 Å². The molecule has 0 bridgehead atoms. The first-order valence-electron chi connectivity index (χ1n) is 11.4. The average Bonchev–Trinajstić information content (AvgIpc) is 3.53. The van der Waals surface area contributed by atoms with Gasteiger partial charge in [-0.05, 0) is 44.4 Å². The maximum absolute atomic E-state index is 13.6. The predicted octanol–water partition coefficient (Wildman–Crippen LogP) is 5.28. The summed E-state index contributed by atoms with van der Waals surface area (Å²) >= 11 is 0. The van der Waals surface area contributed by atoms with Gasteiger partial charge in [0.05, 0.1) is 25.5 Å². The number of methoxy groups -OCH3 is 1. The number of aromatic amines is 1. The molecule has 1 aliphatic heterocycles. The van der Waals surface area contributed by atoms with E-state index in [2.05, 4.69) is 52.4 Å². The fourth-order valence-corrected chi connectivity index (χ4v) is 5.11. The highest BCUT2D eigenvalue weighted by Gasteiger charge is 2.45. The lowest BCUT2D eigenvalue weighted by Crippen LogP contribution is -2.37. The Kier molecular flexibility index (Phi) is 5.37. The van der Waals surface area contributed by atoms with Gasteiger partial charge in [0, 0.05) is 17.2 Å². The van der Waals surface area contributed by atoms with Crippen LogP contribution in [0.1, 0.15) is 65.8 Å². The summed E-state index contributed by atoms with van der Waals surface area (Å²) in [4.78, 5) is 15.7. The van der Waals surface area contributed by atoms with Gasteiger partial charge in [-0.2, -0.15) is 5.10 Å². The third-order valence-electron chi connectivity index (χ3n) is 6.65. The van der Waals surface area contributed by atoms with E-state index in [0.717, 1.165) is 48.1 Å². The molecule has 0 spiro atoms. The number of H-pyrrole nitrogens is 1. The van der Waals surface area contributed by atoms with Crippen LogP contribution in [-0.4, -0.2) is 40.8 Å². The van der Waals surface area contributed by atoms with E-state index in [9.17, 15) is 4.79 Å². The van der Waals surface area contributed by atoms with Gasteiger partial charge in [0.1, 0.15) is 5.69 Å². The van der Waals surface area contributed by atoms with Gasteiger partial charge in [-0.15, -0.1) is 0 Å². The van der Waals surface area contributed by atoms with Crippen LogP contribution >= 0.6 is 0 Å². The molecule has 2 aliphatic rings. The molecule has 6 heteroatoms. The Morgan fingerprint density at radius 2 is 1.84 bits per heavy atom. The van der Waals surface area contributed by atoms with Crippen LogP contribution in [0.2, 0.25) is 0 Å². The van der Waals surface area contributed by atoms with E-state index < -0.39 is 0 Å². The van der Waals surface area contributed by atoms with Crippen molar-refractivity contribution >= 4 is 5.91 Å². The third-order valence-corrected chi connectivity index (χ3v) is 6.65. The second kappa shape index (κ2) is 8.34. The molecule has 1 N–H and O–H groups in total. The fraction of sp³-hybridized carbons (Fsp3) is 0.385. The minimum atomic E-state index is -0.208. The summed E-state index contributed by atoms with van der Waals surface area (Å²) in [5.41, 5.74) is 5.61. The molecule has 1 saturated carbocycles. The first-order valence-corrected chi connectivity index (χ1v) is 11.4. The van der Waals surface area contributed by atoms with Crippen LogP contribution in [0.5, 0.6) is 11.5 Å². The van der Waals surface area contributed by atoms with Crippen molar-refractivity contribution in [1.82, 2.24) is 15.1 Å². The third kappa shape index (κ3) is 3.34. The van der Waals surface area contributed by atoms with Gasteiger partial charge in [0.25, 0.3) is 5.91 Å². The Labute approximate surface area is 188 Å². The predicted molar refractivity (Wildman–Crippen MR) is 123 cm³/mol. The number of fused-ring (bicyclic) bond motifs is 1. The van der Waals surface area contributed by atoms with Crippen LogP contribution in [0, 0.1) is 6.92 Å². The van der Waals surface area contributed by atoms with E-state index in [4.69, 9.17) is 9.47 Å². The summed E-state index contributed by atoms with van der Waals surface area (Å²) in [6.45, 7) is 4.59. The monoisotopic (exact) mass is 431 g/mol. The van der Waals surface area contributed by atoms with E-state index in [1.54, 1.807) is 7.11 Å². The molecule has 1 unspecified atom stereocenters. The molecule has 1 fully saturated rings. The zero-order chi connectivity index (χ0) is 22.2. The molecule has 5 rings (SSSR count). The lowest BCUT2D eigenvalue weighted by atomic mass is 9.94. The van der Waals surface area contributed by atoms with Crippen molar-refractivity contribution in [2.24, 2.45) is 0 Å². The van der Waals surface area contributed by atoms with Crippen LogP contribution < -0.4 is 9.47 Å². The topological polar surface area (TPSA) is 67.5 Å². The SMILES string of the molecule is CCOc1ccc(C2c3c(-c4ccc(C)cc4)n[nH]c3C(=O)N2C2CCCC2)cc1OC. The number of carbonyl (C=O) groups is 1. The number of amides is 1. The van der Waals surface area contributed by atoms with Crippen molar-refractivity contribution in [3.05, 3.63) is 64.8 Å².